The standard InChI is InChI=1S/C30H37NO6S2/c1-7-8-15-39(33,34)37-21-10-11-23(26(16-21)35-6)22-12-13-25-28(19(2)17-30(4,5)31-25)24(22)18-36-29(32)27-14-9-20(3)38-27/h9-13,16-17,27,31H,7-8,14-15,18H2,1-6H3. The highest BCUT2D eigenvalue weighted by Gasteiger charge is 2.29. The molecule has 0 saturated heterocycles. The number of anilines is 1. The maximum Gasteiger partial charge on any atom is 0.320 e. The fourth-order valence-corrected chi connectivity index (χ4v) is 7.15. The highest BCUT2D eigenvalue weighted by molar-refractivity contribution is 8.04. The Morgan fingerprint density at radius 2 is 1.90 bits per heavy atom. The van der Waals surface area contributed by atoms with Gasteiger partial charge < -0.3 is 19.0 Å². The van der Waals surface area contributed by atoms with E-state index in [0.29, 0.717) is 18.6 Å². The van der Waals surface area contributed by atoms with Crippen LogP contribution in [0.1, 0.15) is 65.0 Å². The van der Waals surface area contributed by atoms with Crippen molar-refractivity contribution in [2.45, 2.75) is 71.3 Å². The first-order valence-electron chi connectivity index (χ1n) is 13.2. The molecule has 1 unspecified atom stereocenters. The number of methoxy groups -OCH3 is 1. The molecule has 0 spiro atoms. The van der Waals surface area contributed by atoms with Crippen LogP contribution in [0.2, 0.25) is 0 Å². The van der Waals surface area contributed by atoms with Crippen molar-refractivity contribution >= 4 is 39.1 Å². The van der Waals surface area contributed by atoms with Crippen LogP contribution in [-0.2, 0) is 26.3 Å². The lowest BCUT2D eigenvalue weighted by Gasteiger charge is -2.33. The summed E-state index contributed by atoms with van der Waals surface area (Å²) in [6.45, 7) is 10.3. The van der Waals surface area contributed by atoms with Gasteiger partial charge in [0.05, 0.1) is 18.4 Å². The van der Waals surface area contributed by atoms with Gasteiger partial charge in [0, 0.05) is 28.4 Å². The molecule has 0 fully saturated rings. The summed E-state index contributed by atoms with van der Waals surface area (Å²) in [5.74, 6) is 0.369. The Labute approximate surface area is 236 Å². The molecular formula is C30H37NO6S2. The number of esters is 1. The van der Waals surface area contributed by atoms with Gasteiger partial charge in [-0.25, -0.2) is 0 Å². The van der Waals surface area contributed by atoms with Crippen LogP contribution in [0.15, 0.2) is 47.4 Å². The number of rotatable bonds is 10. The first-order chi connectivity index (χ1) is 18.4. The zero-order valence-electron chi connectivity index (χ0n) is 23.4. The minimum absolute atomic E-state index is 0.0445. The Morgan fingerprint density at radius 1 is 1.15 bits per heavy atom. The third kappa shape index (κ3) is 6.81. The minimum atomic E-state index is -3.70. The van der Waals surface area contributed by atoms with E-state index in [4.69, 9.17) is 13.7 Å². The van der Waals surface area contributed by atoms with Gasteiger partial charge in [-0.15, -0.1) is 11.8 Å². The third-order valence-corrected chi connectivity index (χ3v) is 9.19. The van der Waals surface area contributed by atoms with Crippen LogP contribution in [0.4, 0.5) is 5.69 Å². The van der Waals surface area contributed by atoms with Gasteiger partial charge in [-0.3, -0.25) is 4.79 Å². The van der Waals surface area contributed by atoms with Gasteiger partial charge in [0.1, 0.15) is 23.4 Å². The SMILES string of the molecule is CCCCS(=O)(=O)Oc1ccc(-c2ccc3c(c2COC(=O)C2CC=C(C)S2)C(C)=CC(C)(C)N3)c(OC)c1. The van der Waals surface area contributed by atoms with Crippen LogP contribution in [0.3, 0.4) is 0 Å². The highest BCUT2D eigenvalue weighted by Crippen LogP contribution is 2.44. The zero-order chi connectivity index (χ0) is 28.4. The van der Waals surface area contributed by atoms with Crippen molar-refractivity contribution in [3.8, 4) is 22.6 Å². The first kappa shape index (κ1) is 29.1. The van der Waals surface area contributed by atoms with Crippen molar-refractivity contribution in [1.82, 2.24) is 0 Å². The fourth-order valence-electron chi connectivity index (χ4n) is 5.03. The Balaban J connectivity index is 1.73. The highest BCUT2D eigenvalue weighted by atomic mass is 32.2. The largest absolute Gasteiger partial charge is 0.496 e. The van der Waals surface area contributed by atoms with Gasteiger partial charge in [-0.1, -0.05) is 31.6 Å². The predicted octanol–water partition coefficient (Wildman–Crippen LogP) is 6.93. The smallest absolute Gasteiger partial charge is 0.320 e. The van der Waals surface area contributed by atoms with E-state index in [1.165, 1.54) is 18.9 Å². The molecule has 4 rings (SSSR count). The monoisotopic (exact) mass is 571 g/mol. The van der Waals surface area contributed by atoms with Gasteiger partial charge in [0.2, 0.25) is 0 Å². The number of nitrogens with one attached hydrogen (secondary N) is 1. The van der Waals surface area contributed by atoms with Crippen molar-refractivity contribution in [2.75, 3.05) is 18.2 Å². The molecule has 0 bridgehead atoms. The summed E-state index contributed by atoms with van der Waals surface area (Å²) in [5.41, 5.74) is 5.23. The molecule has 0 amide bonds. The van der Waals surface area contributed by atoms with E-state index < -0.39 is 10.1 Å². The Hall–Kier alpha value is -2.91. The van der Waals surface area contributed by atoms with E-state index in [-0.39, 0.29) is 34.9 Å². The molecule has 1 atom stereocenters. The number of allylic oxidation sites excluding steroid dienone is 3. The number of ether oxygens (including phenoxy) is 2. The second-order valence-corrected chi connectivity index (χ2v) is 13.7. The van der Waals surface area contributed by atoms with E-state index in [1.807, 2.05) is 26.0 Å². The van der Waals surface area contributed by atoms with Crippen molar-refractivity contribution in [2.24, 2.45) is 0 Å². The van der Waals surface area contributed by atoms with Crippen LogP contribution in [0, 0.1) is 0 Å². The van der Waals surface area contributed by atoms with Gasteiger partial charge in [0.15, 0.2) is 0 Å². The van der Waals surface area contributed by atoms with E-state index in [0.717, 1.165) is 44.8 Å². The minimum Gasteiger partial charge on any atom is -0.496 e. The maximum atomic E-state index is 12.9. The number of hydrogen-bond acceptors (Lipinski definition) is 8. The summed E-state index contributed by atoms with van der Waals surface area (Å²) >= 11 is 1.54. The molecule has 0 saturated carbocycles. The number of carbonyl (C=O) groups excluding carboxylic acids is 1. The molecule has 2 aliphatic heterocycles. The van der Waals surface area contributed by atoms with Crippen LogP contribution < -0.4 is 14.2 Å². The van der Waals surface area contributed by atoms with Crippen LogP contribution >= 0.6 is 11.8 Å². The lowest BCUT2D eigenvalue weighted by atomic mass is 9.85. The fraction of sp³-hybridized carbons (Fsp3) is 0.433. The molecule has 39 heavy (non-hydrogen) atoms. The molecule has 1 N–H and O–H groups in total. The third-order valence-electron chi connectivity index (χ3n) is 6.74. The lowest BCUT2D eigenvalue weighted by Crippen LogP contribution is -2.32. The number of hydrogen-bond donors (Lipinski definition) is 1. The number of unbranched alkanes of at least 4 members (excludes halogenated alkanes) is 1. The summed E-state index contributed by atoms with van der Waals surface area (Å²) in [6, 6.07) is 9.01. The molecule has 0 radical (unpaired) electrons. The van der Waals surface area contributed by atoms with Gasteiger partial charge in [-0.2, -0.15) is 8.42 Å². The molecule has 2 heterocycles. The quantitative estimate of drug-likeness (QED) is 0.242. The zero-order valence-corrected chi connectivity index (χ0v) is 25.1. The molecule has 9 heteroatoms. The molecule has 2 aromatic rings. The second-order valence-electron chi connectivity index (χ2n) is 10.5. The topological polar surface area (TPSA) is 90.9 Å². The molecule has 2 aromatic carbocycles. The Kier molecular flexibility index (Phi) is 8.71. The second kappa shape index (κ2) is 11.7. The van der Waals surface area contributed by atoms with Crippen molar-refractivity contribution in [3.63, 3.8) is 0 Å². The summed E-state index contributed by atoms with van der Waals surface area (Å²) in [7, 11) is -2.17. The molecule has 0 aliphatic carbocycles. The number of fused-ring (bicyclic) bond motifs is 1. The lowest BCUT2D eigenvalue weighted by molar-refractivity contribution is -0.144. The van der Waals surface area contributed by atoms with Gasteiger partial charge in [0.25, 0.3) is 0 Å². The van der Waals surface area contributed by atoms with E-state index in [2.05, 4.69) is 38.2 Å². The van der Waals surface area contributed by atoms with Gasteiger partial charge >= 0.3 is 16.1 Å². The maximum absolute atomic E-state index is 12.9. The Morgan fingerprint density at radius 3 is 2.56 bits per heavy atom. The summed E-state index contributed by atoms with van der Waals surface area (Å²) in [6.07, 6.45) is 6.18. The average molecular weight is 572 g/mol. The summed E-state index contributed by atoms with van der Waals surface area (Å²) in [4.78, 5) is 14.1. The average Bonchev–Trinajstić information content (AvgIpc) is 3.31. The van der Waals surface area contributed by atoms with Crippen LogP contribution in [0.5, 0.6) is 11.5 Å². The first-order valence-corrected chi connectivity index (χ1v) is 15.6. The van der Waals surface area contributed by atoms with Crippen LogP contribution in [-0.4, -0.2) is 38.0 Å². The summed E-state index contributed by atoms with van der Waals surface area (Å²) in [5, 5.41) is 3.33. The van der Waals surface area contributed by atoms with Crippen molar-refractivity contribution in [1.29, 1.82) is 0 Å². The van der Waals surface area contributed by atoms with Crippen LogP contribution in [0.25, 0.3) is 16.7 Å². The molecule has 2 aliphatic rings. The predicted molar refractivity (Wildman–Crippen MR) is 159 cm³/mol. The normalized spacial score (nSPS) is 17.9. The number of carbonyl (C=O) groups is 1. The van der Waals surface area contributed by atoms with Crippen molar-refractivity contribution in [3.05, 3.63) is 58.5 Å². The number of benzene rings is 2. The molecular weight excluding hydrogens is 534 g/mol. The summed E-state index contributed by atoms with van der Waals surface area (Å²) < 4.78 is 41.7. The molecule has 0 aromatic heterocycles. The van der Waals surface area contributed by atoms with E-state index in [1.54, 1.807) is 18.2 Å². The van der Waals surface area contributed by atoms with E-state index in [9.17, 15) is 13.2 Å². The molecule has 7 nitrogen and oxygen atoms in total. The van der Waals surface area contributed by atoms with E-state index >= 15 is 0 Å². The number of thioether (sulfide) groups is 1. The van der Waals surface area contributed by atoms with Gasteiger partial charge in [-0.05, 0) is 74.8 Å². The Bertz CT molecular complexity index is 1430. The van der Waals surface area contributed by atoms with Crippen molar-refractivity contribution < 1.29 is 26.9 Å². The molecule has 210 valence electrons.